The zero-order valence-electron chi connectivity index (χ0n) is 37.8. The Bertz CT molecular complexity index is 2680. The summed E-state index contributed by atoms with van der Waals surface area (Å²) in [6.07, 6.45) is 20.4. The van der Waals surface area contributed by atoms with Crippen molar-refractivity contribution in [3.05, 3.63) is 171 Å². The summed E-state index contributed by atoms with van der Waals surface area (Å²) < 4.78 is 3.76. The molecule has 0 aliphatic carbocycles. The number of rotatable bonds is 21. The first-order valence-corrected chi connectivity index (χ1v) is 23.1. The Hall–Kier alpha value is -8.00. The van der Waals surface area contributed by atoms with Crippen molar-refractivity contribution in [3.8, 4) is 44.8 Å². The standard InChI is InChI=1S/C27H30N6O.C26H28N6O/c34-27(30-25-16-8-7-15-24(25)22-12-5-4-6-13-22)29-18-9-2-1-3-10-19-33-21-26(31-32-33)23-14-11-17-28-20-23;33-26(29-24-15-7-6-14-23(24)21-11-4-3-5-12-21)28-17-8-1-2-9-18-32-20-25(30-31-32)22-13-10-16-27-19-22/h4-8,11-17,20-21H,1-3,9-10,18-19H2,(H2,29,30,34);3-7,10-16,19-20H,1-2,8-9,17-18H2,(H2,28,29,33). The highest BCUT2D eigenvalue weighted by Crippen LogP contribution is 2.28. The van der Waals surface area contributed by atoms with E-state index in [1.165, 1.54) is 0 Å². The van der Waals surface area contributed by atoms with Crippen LogP contribution in [0.4, 0.5) is 21.0 Å². The number of unbranched alkanes of at least 4 members (excludes halogenated alkanes) is 7. The summed E-state index contributed by atoms with van der Waals surface area (Å²) >= 11 is 0. The number of carbonyl (C=O) groups is 2. The number of para-hydroxylation sites is 2. The lowest BCUT2D eigenvalue weighted by molar-refractivity contribution is 0.251. The predicted octanol–water partition coefficient (Wildman–Crippen LogP) is 11.2. The Morgan fingerprint density at radius 2 is 0.806 bits per heavy atom. The van der Waals surface area contributed by atoms with Crippen molar-refractivity contribution in [1.82, 2.24) is 50.6 Å². The van der Waals surface area contributed by atoms with Crippen molar-refractivity contribution in [2.24, 2.45) is 0 Å². The second kappa shape index (κ2) is 26.1. The molecule has 0 saturated heterocycles. The van der Waals surface area contributed by atoms with Crippen LogP contribution in [0.1, 0.15) is 57.8 Å². The minimum atomic E-state index is -0.177. The number of hydrogen-bond donors (Lipinski definition) is 4. The maximum absolute atomic E-state index is 12.4. The van der Waals surface area contributed by atoms with Gasteiger partial charge in [-0.15, -0.1) is 10.2 Å². The Morgan fingerprint density at radius 1 is 0.418 bits per heavy atom. The third-order valence-electron chi connectivity index (χ3n) is 11.0. The van der Waals surface area contributed by atoms with E-state index in [1.807, 2.05) is 155 Å². The first-order valence-electron chi connectivity index (χ1n) is 23.1. The number of aryl methyl sites for hydroxylation is 2. The highest BCUT2D eigenvalue weighted by molar-refractivity contribution is 5.95. The Morgan fingerprint density at radius 3 is 1.24 bits per heavy atom. The van der Waals surface area contributed by atoms with Gasteiger partial charge in [0, 0.05) is 73.2 Å². The molecule has 4 N–H and O–H groups in total. The van der Waals surface area contributed by atoms with Gasteiger partial charge in [-0.1, -0.05) is 140 Å². The quantitative estimate of drug-likeness (QED) is 0.0517. The zero-order chi connectivity index (χ0) is 46.1. The van der Waals surface area contributed by atoms with E-state index in [2.05, 4.69) is 51.9 Å². The van der Waals surface area contributed by atoms with Crippen molar-refractivity contribution in [2.75, 3.05) is 23.7 Å². The molecule has 0 aliphatic heterocycles. The van der Waals surface area contributed by atoms with Crippen LogP contribution < -0.4 is 21.3 Å². The second-order valence-corrected chi connectivity index (χ2v) is 16.0. The molecule has 8 aromatic rings. The molecule has 0 radical (unpaired) electrons. The van der Waals surface area contributed by atoms with Crippen molar-refractivity contribution in [1.29, 1.82) is 0 Å². The molecular weight excluding hydrogens is 837 g/mol. The number of benzene rings is 4. The van der Waals surface area contributed by atoms with Gasteiger partial charge in [-0.3, -0.25) is 19.3 Å². The summed E-state index contributed by atoms with van der Waals surface area (Å²) in [5.41, 5.74) is 9.44. The van der Waals surface area contributed by atoms with E-state index in [0.29, 0.717) is 13.1 Å². The summed E-state index contributed by atoms with van der Waals surface area (Å²) in [5.74, 6) is 0. The fourth-order valence-electron chi connectivity index (χ4n) is 7.45. The molecule has 0 spiro atoms. The van der Waals surface area contributed by atoms with Crippen LogP contribution in [0.3, 0.4) is 0 Å². The van der Waals surface area contributed by atoms with E-state index in [4.69, 9.17) is 0 Å². The number of anilines is 2. The average molecular weight is 895 g/mol. The van der Waals surface area contributed by atoms with Gasteiger partial charge in [0.15, 0.2) is 0 Å². The number of amides is 4. The lowest BCUT2D eigenvalue weighted by atomic mass is 10.0. The van der Waals surface area contributed by atoms with Gasteiger partial charge < -0.3 is 21.3 Å². The van der Waals surface area contributed by atoms with Crippen LogP contribution >= 0.6 is 0 Å². The summed E-state index contributed by atoms with van der Waals surface area (Å²) in [5, 5.41) is 28.7. The second-order valence-electron chi connectivity index (χ2n) is 16.0. The number of carbonyl (C=O) groups excluding carboxylic acids is 2. The number of aromatic nitrogens is 8. The largest absolute Gasteiger partial charge is 0.338 e. The zero-order valence-corrected chi connectivity index (χ0v) is 37.8. The molecule has 4 heterocycles. The lowest BCUT2D eigenvalue weighted by Crippen LogP contribution is -2.29. The molecule has 0 unspecified atom stereocenters. The van der Waals surface area contributed by atoms with E-state index in [-0.39, 0.29) is 12.1 Å². The molecule has 8 rings (SSSR count). The SMILES string of the molecule is O=C(NCCCCCCCn1cc(-c2cccnc2)nn1)Nc1ccccc1-c1ccccc1.O=C(NCCCCCCn1cc(-c2cccnc2)nn1)Nc1ccccc1-c1ccccc1. The molecule has 14 heteroatoms. The maximum atomic E-state index is 12.4. The molecule has 0 saturated carbocycles. The minimum absolute atomic E-state index is 0.168. The molecule has 14 nitrogen and oxygen atoms in total. The fraction of sp³-hybridized carbons (Fsp3) is 0.245. The average Bonchev–Trinajstić information content (AvgIpc) is 4.07. The highest BCUT2D eigenvalue weighted by atomic mass is 16.2. The monoisotopic (exact) mass is 894 g/mol. The van der Waals surface area contributed by atoms with Crippen molar-refractivity contribution < 1.29 is 9.59 Å². The van der Waals surface area contributed by atoms with Crippen molar-refractivity contribution in [3.63, 3.8) is 0 Å². The number of urea groups is 2. The normalized spacial score (nSPS) is 10.7. The predicted molar refractivity (Wildman–Crippen MR) is 266 cm³/mol. The molecule has 67 heavy (non-hydrogen) atoms. The first-order chi connectivity index (χ1) is 33.1. The van der Waals surface area contributed by atoms with E-state index in [0.717, 1.165) is 127 Å². The number of pyridine rings is 2. The van der Waals surface area contributed by atoms with Gasteiger partial charge in [-0.25, -0.2) is 9.59 Å². The van der Waals surface area contributed by atoms with Crippen LogP contribution in [0.2, 0.25) is 0 Å². The smallest absolute Gasteiger partial charge is 0.319 e. The van der Waals surface area contributed by atoms with Crippen LogP contribution in [0.15, 0.2) is 171 Å². The van der Waals surface area contributed by atoms with Gasteiger partial charge in [0.05, 0.1) is 23.8 Å². The Kier molecular flexibility index (Phi) is 18.3. The minimum Gasteiger partial charge on any atom is -0.338 e. The molecule has 0 fully saturated rings. The summed E-state index contributed by atoms with van der Waals surface area (Å²) in [4.78, 5) is 32.9. The van der Waals surface area contributed by atoms with Crippen LogP contribution in [0.5, 0.6) is 0 Å². The molecule has 4 aromatic carbocycles. The number of nitrogens with one attached hydrogen (secondary N) is 4. The van der Waals surface area contributed by atoms with Crippen molar-refractivity contribution >= 4 is 23.4 Å². The van der Waals surface area contributed by atoms with E-state index < -0.39 is 0 Å². The number of hydrogen-bond acceptors (Lipinski definition) is 8. The van der Waals surface area contributed by atoms with Gasteiger partial charge in [0.1, 0.15) is 11.4 Å². The van der Waals surface area contributed by atoms with Crippen LogP contribution in [0, 0.1) is 0 Å². The van der Waals surface area contributed by atoms with Crippen LogP contribution in [-0.2, 0) is 13.1 Å². The van der Waals surface area contributed by atoms with Crippen LogP contribution in [-0.4, -0.2) is 65.1 Å². The molecule has 4 aromatic heterocycles. The molecule has 0 aliphatic rings. The summed E-state index contributed by atoms with van der Waals surface area (Å²) in [6, 6.07) is 43.2. The van der Waals surface area contributed by atoms with Crippen molar-refractivity contribution in [2.45, 2.75) is 70.9 Å². The third-order valence-corrected chi connectivity index (χ3v) is 11.0. The van der Waals surface area contributed by atoms with Gasteiger partial charge in [-0.05, 0) is 73.2 Å². The lowest BCUT2D eigenvalue weighted by Gasteiger charge is -2.12. The molecule has 342 valence electrons. The highest BCUT2D eigenvalue weighted by Gasteiger charge is 2.10. The number of nitrogens with zero attached hydrogens (tertiary/aromatic N) is 8. The Balaban J connectivity index is 0.000000199. The molecular formula is C53H58N12O2. The van der Waals surface area contributed by atoms with Gasteiger partial charge in [0.25, 0.3) is 0 Å². The molecule has 0 atom stereocenters. The first kappa shape index (κ1) is 47.0. The van der Waals surface area contributed by atoms with E-state index in [1.54, 1.807) is 24.8 Å². The molecule has 4 amide bonds. The summed E-state index contributed by atoms with van der Waals surface area (Å²) in [6.45, 7) is 3.00. The molecule has 0 bridgehead atoms. The van der Waals surface area contributed by atoms with Gasteiger partial charge >= 0.3 is 12.1 Å². The fourth-order valence-corrected chi connectivity index (χ4v) is 7.45. The van der Waals surface area contributed by atoms with Gasteiger partial charge in [0.2, 0.25) is 0 Å². The van der Waals surface area contributed by atoms with E-state index in [9.17, 15) is 9.59 Å². The van der Waals surface area contributed by atoms with E-state index >= 15 is 0 Å². The Labute approximate surface area is 392 Å². The van der Waals surface area contributed by atoms with Gasteiger partial charge in [-0.2, -0.15) is 0 Å². The summed E-state index contributed by atoms with van der Waals surface area (Å²) in [7, 11) is 0. The topological polar surface area (TPSA) is 169 Å². The maximum Gasteiger partial charge on any atom is 0.319 e. The van der Waals surface area contributed by atoms with Crippen LogP contribution in [0.25, 0.3) is 44.8 Å². The third kappa shape index (κ3) is 15.3.